The summed E-state index contributed by atoms with van der Waals surface area (Å²) in [5, 5.41) is 10.1. The predicted molar refractivity (Wildman–Crippen MR) is 76.8 cm³/mol. The minimum Gasteiger partial charge on any atom is -0.280 e. The molecule has 8 nitrogen and oxygen atoms in total. The first-order chi connectivity index (χ1) is 10.1. The number of fused-ring (bicyclic) bond motifs is 1. The monoisotopic (exact) mass is 303 g/mol. The van der Waals surface area contributed by atoms with E-state index in [9.17, 15) is 4.79 Å². The molecule has 21 heavy (non-hydrogen) atoms. The van der Waals surface area contributed by atoms with Gasteiger partial charge in [-0.2, -0.15) is 20.3 Å². The normalized spacial score (nSPS) is 10.6. The maximum Gasteiger partial charge on any atom is 0.269 e. The van der Waals surface area contributed by atoms with Gasteiger partial charge in [-0.3, -0.25) is 15.6 Å². The number of hydrogen-bond donors (Lipinski definition) is 3. The van der Waals surface area contributed by atoms with Gasteiger partial charge in [0.25, 0.3) is 5.91 Å². The molecular formula is C12H10ClN7O. The van der Waals surface area contributed by atoms with E-state index in [1.54, 1.807) is 12.1 Å². The van der Waals surface area contributed by atoms with Crippen LogP contribution in [0.2, 0.25) is 5.28 Å². The van der Waals surface area contributed by atoms with Crippen LogP contribution in [0.5, 0.6) is 0 Å². The Bertz CT molecular complexity index is 816. The summed E-state index contributed by atoms with van der Waals surface area (Å²) in [5.41, 5.74) is 7.41. The molecule has 0 aliphatic rings. The average Bonchev–Trinajstić information content (AvgIpc) is 2.92. The lowest BCUT2D eigenvalue weighted by molar-refractivity contribution is 0.0962. The van der Waals surface area contributed by atoms with Crippen LogP contribution in [0.25, 0.3) is 11.2 Å². The number of anilines is 1. The second-order valence-electron chi connectivity index (χ2n) is 4.29. The van der Waals surface area contributed by atoms with Crippen molar-refractivity contribution in [2.75, 3.05) is 5.43 Å². The Morgan fingerprint density at radius 3 is 2.95 bits per heavy atom. The first-order valence-electron chi connectivity index (χ1n) is 6.00. The van der Waals surface area contributed by atoms with Gasteiger partial charge in [0.1, 0.15) is 0 Å². The van der Waals surface area contributed by atoms with Gasteiger partial charge < -0.3 is 0 Å². The highest BCUT2D eigenvalue weighted by atomic mass is 35.5. The molecule has 0 bridgehead atoms. The summed E-state index contributed by atoms with van der Waals surface area (Å²) in [5.74, 6) is -0.0372. The quantitative estimate of drug-likeness (QED) is 0.499. The van der Waals surface area contributed by atoms with Gasteiger partial charge in [-0.15, -0.1) is 5.10 Å². The molecule has 106 valence electrons. The maximum atomic E-state index is 12.0. The van der Waals surface area contributed by atoms with Gasteiger partial charge in [-0.05, 0) is 30.7 Å². The van der Waals surface area contributed by atoms with E-state index in [1.807, 2.05) is 19.1 Å². The molecule has 1 amide bonds. The van der Waals surface area contributed by atoms with Gasteiger partial charge in [0.2, 0.25) is 10.9 Å². The molecule has 3 N–H and O–H groups in total. The maximum absolute atomic E-state index is 12.0. The number of nitrogens with zero attached hydrogens (tertiary/aromatic N) is 4. The molecule has 2 heterocycles. The van der Waals surface area contributed by atoms with Gasteiger partial charge >= 0.3 is 0 Å². The first kappa shape index (κ1) is 13.3. The molecule has 0 aliphatic heterocycles. The van der Waals surface area contributed by atoms with Crippen molar-refractivity contribution in [2.45, 2.75) is 6.92 Å². The van der Waals surface area contributed by atoms with Crippen molar-refractivity contribution in [1.29, 1.82) is 0 Å². The van der Waals surface area contributed by atoms with Crippen LogP contribution in [0.4, 0.5) is 5.82 Å². The Labute approximate surface area is 123 Å². The van der Waals surface area contributed by atoms with Gasteiger partial charge in [-0.25, -0.2) is 0 Å². The Hall–Kier alpha value is -2.74. The number of carbonyl (C=O) groups excluding carboxylic acids is 1. The van der Waals surface area contributed by atoms with Gasteiger partial charge in [0.15, 0.2) is 11.3 Å². The minimum absolute atomic E-state index is 0.00343. The topological polar surface area (TPSA) is 108 Å². The van der Waals surface area contributed by atoms with Crippen LogP contribution in [0, 0.1) is 6.92 Å². The smallest absolute Gasteiger partial charge is 0.269 e. The number of hydrogen-bond acceptors (Lipinski definition) is 6. The van der Waals surface area contributed by atoms with Crippen LogP contribution in [-0.2, 0) is 0 Å². The summed E-state index contributed by atoms with van der Waals surface area (Å²) >= 11 is 5.78. The summed E-state index contributed by atoms with van der Waals surface area (Å²) in [4.78, 5) is 19.9. The second kappa shape index (κ2) is 5.33. The van der Waals surface area contributed by atoms with E-state index in [4.69, 9.17) is 11.6 Å². The zero-order valence-corrected chi connectivity index (χ0v) is 11.6. The number of amides is 1. The molecule has 0 atom stereocenters. The molecule has 0 saturated heterocycles. The van der Waals surface area contributed by atoms with E-state index < -0.39 is 0 Å². The van der Waals surface area contributed by atoms with Crippen LogP contribution in [0.3, 0.4) is 0 Å². The van der Waals surface area contributed by atoms with E-state index >= 15 is 0 Å². The fourth-order valence-electron chi connectivity index (χ4n) is 1.78. The van der Waals surface area contributed by atoms with E-state index in [2.05, 4.69) is 36.2 Å². The van der Waals surface area contributed by atoms with Crippen LogP contribution in [0.1, 0.15) is 15.9 Å². The third kappa shape index (κ3) is 2.75. The lowest BCUT2D eigenvalue weighted by atomic mass is 10.1. The summed E-state index contributed by atoms with van der Waals surface area (Å²) < 4.78 is 0. The molecule has 1 aromatic carbocycles. The van der Waals surface area contributed by atoms with Crippen LogP contribution in [0.15, 0.2) is 24.3 Å². The van der Waals surface area contributed by atoms with Crippen molar-refractivity contribution in [3.8, 4) is 0 Å². The third-order valence-electron chi connectivity index (χ3n) is 2.73. The number of hydrazine groups is 1. The summed E-state index contributed by atoms with van der Waals surface area (Å²) in [6.45, 7) is 1.91. The highest BCUT2D eigenvalue weighted by Crippen LogP contribution is 2.16. The predicted octanol–water partition coefficient (Wildman–Crippen LogP) is 1.47. The van der Waals surface area contributed by atoms with Crippen LogP contribution >= 0.6 is 11.6 Å². The molecule has 3 rings (SSSR count). The lowest BCUT2D eigenvalue weighted by Gasteiger charge is -2.08. The van der Waals surface area contributed by atoms with Crippen molar-refractivity contribution in [3.05, 3.63) is 40.7 Å². The standard InChI is InChI=1S/C12H10ClN7O/c1-6-3-2-4-7(5-6)11(21)19-17-9-8-10(18-20-16-8)15-12(13)14-9/h2-5H,1H3,(H,19,21)(H2,14,15,16,17,18,20). The fraction of sp³-hybridized carbons (Fsp3) is 0.0833. The summed E-state index contributed by atoms with van der Waals surface area (Å²) in [6, 6.07) is 7.20. The molecule has 9 heteroatoms. The van der Waals surface area contributed by atoms with Crippen molar-refractivity contribution in [3.63, 3.8) is 0 Å². The first-order valence-corrected chi connectivity index (χ1v) is 6.38. The van der Waals surface area contributed by atoms with Gasteiger partial charge in [-0.1, -0.05) is 17.7 Å². The molecule has 0 radical (unpaired) electrons. The molecule has 3 aromatic rings. The summed E-state index contributed by atoms with van der Waals surface area (Å²) in [7, 11) is 0. The van der Waals surface area contributed by atoms with Crippen molar-refractivity contribution in [2.24, 2.45) is 0 Å². The number of aromatic amines is 1. The third-order valence-corrected chi connectivity index (χ3v) is 2.90. The minimum atomic E-state index is -0.301. The Morgan fingerprint density at radius 2 is 2.14 bits per heavy atom. The summed E-state index contributed by atoms with van der Waals surface area (Å²) in [6.07, 6.45) is 0. The number of aromatic nitrogens is 5. The molecule has 0 saturated carbocycles. The number of rotatable bonds is 3. The van der Waals surface area contributed by atoms with Crippen molar-refractivity contribution < 1.29 is 4.79 Å². The zero-order chi connectivity index (χ0) is 14.8. The van der Waals surface area contributed by atoms with Crippen LogP contribution in [-0.4, -0.2) is 31.3 Å². The molecule has 0 spiro atoms. The lowest BCUT2D eigenvalue weighted by Crippen LogP contribution is -2.30. The number of aryl methyl sites for hydroxylation is 1. The fourth-order valence-corrected chi connectivity index (χ4v) is 1.95. The van der Waals surface area contributed by atoms with E-state index in [-0.39, 0.29) is 17.0 Å². The molecule has 2 aromatic heterocycles. The van der Waals surface area contributed by atoms with Crippen molar-refractivity contribution >= 4 is 34.5 Å². The van der Waals surface area contributed by atoms with E-state index in [1.165, 1.54) is 0 Å². The number of benzene rings is 1. The number of H-pyrrole nitrogens is 1. The average molecular weight is 304 g/mol. The molecule has 0 fully saturated rings. The number of halogens is 1. The number of nitrogens with one attached hydrogen (secondary N) is 3. The molecule has 0 unspecified atom stereocenters. The number of carbonyl (C=O) groups is 1. The van der Waals surface area contributed by atoms with E-state index in [0.29, 0.717) is 16.7 Å². The molecule has 0 aliphatic carbocycles. The van der Waals surface area contributed by atoms with Gasteiger partial charge in [0, 0.05) is 5.56 Å². The highest BCUT2D eigenvalue weighted by molar-refractivity contribution is 6.28. The van der Waals surface area contributed by atoms with Crippen LogP contribution < -0.4 is 10.9 Å². The SMILES string of the molecule is Cc1cccc(C(=O)NNc2nc(Cl)nc3n[nH]nc23)c1. The van der Waals surface area contributed by atoms with Crippen molar-refractivity contribution in [1.82, 2.24) is 30.8 Å². The van der Waals surface area contributed by atoms with E-state index in [0.717, 1.165) is 5.56 Å². The zero-order valence-electron chi connectivity index (χ0n) is 10.9. The second-order valence-corrected chi connectivity index (χ2v) is 4.62. The Balaban J connectivity index is 1.80. The largest absolute Gasteiger partial charge is 0.280 e. The highest BCUT2D eigenvalue weighted by Gasteiger charge is 2.12. The molecular weight excluding hydrogens is 294 g/mol. The Kier molecular flexibility index (Phi) is 3.36. The Morgan fingerprint density at radius 1 is 1.29 bits per heavy atom. The van der Waals surface area contributed by atoms with Gasteiger partial charge in [0.05, 0.1) is 0 Å².